The van der Waals surface area contributed by atoms with E-state index in [-0.39, 0.29) is 25.0 Å². The van der Waals surface area contributed by atoms with E-state index in [4.69, 9.17) is 29.7 Å². The molecule has 2 unspecified atom stereocenters. The largest absolute Gasteiger partial charge is 0.389 e. The second-order valence-electron chi connectivity index (χ2n) is 8.50. The van der Waals surface area contributed by atoms with Crippen LogP contribution in [-0.2, 0) is 24.0 Å². The third kappa shape index (κ3) is 2.76. The number of aliphatic hydroxyl groups is 1. The van der Waals surface area contributed by atoms with E-state index < -0.39 is 30.1 Å². The molecule has 1 saturated carbocycles. The molecule has 7 nitrogen and oxygen atoms in total. The molecule has 5 aliphatic rings. The van der Waals surface area contributed by atoms with Crippen LogP contribution < -0.4 is 5.73 Å². The molecule has 5 rings (SSSR count). The number of fused-ring (bicyclic) bond motifs is 2. The lowest BCUT2D eigenvalue weighted by Gasteiger charge is -2.60. The Balaban J connectivity index is 1.63. The SMILES string of the molecule is C[C@@H]1CC[C@H]2[C@@H](C)C(OCC(O)CN)O[C@@H]3O[C@]4(C)CC[C@@H]1[C@]32OO4. The maximum Gasteiger partial charge on any atom is 0.201 e. The van der Waals surface area contributed by atoms with E-state index in [1.165, 1.54) is 0 Å². The first-order chi connectivity index (χ1) is 11.9. The summed E-state index contributed by atoms with van der Waals surface area (Å²) in [5, 5.41) is 9.73. The molecule has 25 heavy (non-hydrogen) atoms. The summed E-state index contributed by atoms with van der Waals surface area (Å²) in [6.07, 6.45) is 2.35. The molecule has 4 aliphatic heterocycles. The van der Waals surface area contributed by atoms with Gasteiger partial charge in [0.2, 0.25) is 5.79 Å². The molecular formula is C18H31NO6. The fraction of sp³-hybridized carbons (Fsp3) is 1.00. The van der Waals surface area contributed by atoms with E-state index in [1.807, 2.05) is 6.92 Å². The summed E-state index contributed by atoms with van der Waals surface area (Å²) in [5.74, 6) is 0.456. The molecule has 2 bridgehead atoms. The van der Waals surface area contributed by atoms with Crippen molar-refractivity contribution in [3.63, 3.8) is 0 Å². The highest BCUT2D eigenvalue weighted by Crippen LogP contribution is 2.60. The average Bonchev–Trinajstić information content (AvgIpc) is 2.82. The third-order valence-corrected chi connectivity index (χ3v) is 6.82. The molecular weight excluding hydrogens is 326 g/mol. The molecule has 4 saturated heterocycles. The summed E-state index contributed by atoms with van der Waals surface area (Å²) in [6.45, 7) is 6.66. The molecule has 0 radical (unpaired) electrons. The number of ether oxygens (including phenoxy) is 3. The molecule has 144 valence electrons. The minimum Gasteiger partial charge on any atom is -0.389 e. The van der Waals surface area contributed by atoms with Gasteiger partial charge in [-0.3, -0.25) is 0 Å². The molecule has 0 aromatic rings. The van der Waals surface area contributed by atoms with Crippen molar-refractivity contribution in [2.24, 2.45) is 29.4 Å². The van der Waals surface area contributed by atoms with Crippen LogP contribution in [0.3, 0.4) is 0 Å². The lowest BCUT2D eigenvalue weighted by atomic mass is 9.58. The van der Waals surface area contributed by atoms with Crippen molar-refractivity contribution in [1.29, 1.82) is 0 Å². The normalized spacial score (nSPS) is 53.2. The van der Waals surface area contributed by atoms with Gasteiger partial charge in [0.1, 0.15) is 0 Å². The van der Waals surface area contributed by atoms with Crippen molar-refractivity contribution in [3.8, 4) is 0 Å². The van der Waals surface area contributed by atoms with Gasteiger partial charge in [-0.25, -0.2) is 9.78 Å². The van der Waals surface area contributed by atoms with E-state index in [1.54, 1.807) is 0 Å². The predicted octanol–water partition coefficient (Wildman–Crippen LogP) is 1.53. The molecule has 0 aromatic carbocycles. The average molecular weight is 357 g/mol. The van der Waals surface area contributed by atoms with Crippen LogP contribution in [-0.4, -0.2) is 48.3 Å². The predicted molar refractivity (Wildman–Crippen MR) is 87.8 cm³/mol. The second-order valence-corrected chi connectivity index (χ2v) is 8.50. The van der Waals surface area contributed by atoms with Gasteiger partial charge in [-0.1, -0.05) is 13.8 Å². The minimum absolute atomic E-state index is 0.117. The summed E-state index contributed by atoms with van der Waals surface area (Å²) >= 11 is 0. The van der Waals surface area contributed by atoms with Crippen LogP contribution in [0.5, 0.6) is 0 Å². The van der Waals surface area contributed by atoms with Gasteiger partial charge in [-0.05, 0) is 38.0 Å². The van der Waals surface area contributed by atoms with Gasteiger partial charge >= 0.3 is 0 Å². The molecule has 0 aromatic heterocycles. The van der Waals surface area contributed by atoms with Crippen molar-refractivity contribution >= 4 is 0 Å². The van der Waals surface area contributed by atoms with Crippen LogP contribution in [0.25, 0.3) is 0 Å². The Morgan fingerprint density at radius 1 is 1.20 bits per heavy atom. The first kappa shape index (κ1) is 18.1. The molecule has 1 spiro atoms. The lowest BCUT2D eigenvalue weighted by molar-refractivity contribution is -0.577. The van der Waals surface area contributed by atoms with Crippen LogP contribution >= 0.6 is 0 Å². The first-order valence-corrected chi connectivity index (χ1v) is 9.59. The number of hydrogen-bond donors (Lipinski definition) is 2. The van der Waals surface area contributed by atoms with Crippen LogP contribution in [0, 0.1) is 23.7 Å². The summed E-state index contributed by atoms with van der Waals surface area (Å²) < 4.78 is 18.4. The van der Waals surface area contributed by atoms with E-state index in [2.05, 4.69) is 13.8 Å². The Morgan fingerprint density at radius 2 is 2.00 bits per heavy atom. The molecule has 1 aliphatic carbocycles. The second kappa shape index (κ2) is 6.41. The third-order valence-electron chi connectivity index (χ3n) is 6.82. The zero-order chi connectivity index (χ0) is 17.8. The van der Waals surface area contributed by atoms with Crippen molar-refractivity contribution in [1.82, 2.24) is 0 Å². The Kier molecular flexibility index (Phi) is 4.64. The monoisotopic (exact) mass is 357 g/mol. The van der Waals surface area contributed by atoms with Gasteiger partial charge in [0.25, 0.3) is 0 Å². The van der Waals surface area contributed by atoms with E-state index in [0.29, 0.717) is 11.8 Å². The highest BCUT2D eigenvalue weighted by molar-refractivity contribution is 5.09. The zero-order valence-corrected chi connectivity index (χ0v) is 15.3. The molecule has 5 fully saturated rings. The van der Waals surface area contributed by atoms with Gasteiger partial charge in [0, 0.05) is 24.8 Å². The first-order valence-electron chi connectivity index (χ1n) is 9.59. The van der Waals surface area contributed by atoms with E-state index in [9.17, 15) is 5.11 Å². The van der Waals surface area contributed by atoms with Crippen LogP contribution in [0.2, 0.25) is 0 Å². The summed E-state index contributed by atoms with van der Waals surface area (Å²) in [5.41, 5.74) is 4.91. The van der Waals surface area contributed by atoms with E-state index >= 15 is 0 Å². The van der Waals surface area contributed by atoms with Crippen molar-refractivity contribution in [2.75, 3.05) is 13.2 Å². The number of aliphatic hydroxyl groups excluding tert-OH is 1. The maximum absolute atomic E-state index is 9.73. The quantitative estimate of drug-likeness (QED) is 0.737. The number of hydrogen-bond acceptors (Lipinski definition) is 7. The Bertz CT molecular complexity index is 506. The highest BCUT2D eigenvalue weighted by Gasteiger charge is 2.69. The minimum atomic E-state index is -0.778. The fourth-order valence-corrected chi connectivity index (χ4v) is 5.34. The molecule has 9 atom stereocenters. The Morgan fingerprint density at radius 3 is 2.76 bits per heavy atom. The van der Waals surface area contributed by atoms with Gasteiger partial charge < -0.3 is 25.1 Å². The highest BCUT2D eigenvalue weighted by atomic mass is 17.3. The van der Waals surface area contributed by atoms with Crippen LogP contribution in [0.4, 0.5) is 0 Å². The van der Waals surface area contributed by atoms with Crippen LogP contribution in [0.15, 0.2) is 0 Å². The van der Waals surface area contributed by atoms with Gasteiger partial charge in [0.05, 0.1) is 12.7 Å². The smallest absolute Gasteiger partial charge is 0.201 e. The van der Waals surface area contributed by atoms with Gasteiger partial charge in [-0.15, -0.1) is 0 Å². The summed E-state index contributed by atoms with van der Waals surface area (Å²) in [7, 11) is 0. The van der Waals surface area contributed by atoms with Crippen molar-refractivity contribution < 1.29 is 29.1 Å². The zero-order valence-electron chi connectivity index (χ0n) is 15.3. The van der Waals surface area contributed by atoms with Crippen molar-refractivity contribution in [2.45, 2.75) is 76.5 Å². The fourth-order valence-electron chi connectivity index (χ4n) is 5.34. The Labute approximate surface area is 149 Å². The van der Waals surface area contributed by atoms with Crippen LogP contribution in [0.1, 0.15) is 46.5 Å². The summed E-state index contributed by atoms with van der Waals surface area (Å²) in [6, 6.07) is 0. The van der Waals surface area contributed by atoms with E-state index in [0.717, 1.165) is 25.7 Å². The lowest BCUT2D eigenvalue weighted by Crippen LogP contribution is -2.70. The van der Waals surface area contributed by atoms with Gasteiger partial charge in [0.15, 0.2) is 18.2 Å². The molecule has 3 N–H and O–H groups in total. The molecule has 0 amide bonds. The molecule has 7 heteroatoms. The molecule has 4 heterocycles. The van der Waals surface area contributed by atoms with Crippen molar-refractivity contribution in [3.05, 3.63) is 0 Å². The number of nitrogens with two attached hydrogens (primary N) is 1. The standard InChI is InChI=1S/C18H31NO6/c1-10-4-5-14-11(2)15(21-9-12(20)8-19)22-16-18(14)13(10)6-7-17(3,23-16)24-25-18/h10-16,20H,4-9,19H2,1-3H3/t10-,11-,12?,13+,14+,15?,16-,17+,18-/m1/s1. The Hall–Kier alpha value is -0.280. The van der Waals surface area contributed by atoms with Gasteiger partial charge in [-0.2, -0.15) is 0 Å². The number of rotatable bonds is 4. The maximum atomic E-state index is 9.73. The summed E-state index contributed by atoms with van der Waals surface area (Å²) in [4.78, 5) is 11.9. The topological polar surface area (TPSA) is 92.4 Å².